The second-order valence-corrected chi connectivity index (χ2v) is 30.9. The van der Waals surface area contributed by atoms with Gasteiger partial charge in [-0.25, -0.2) is 15.0 Å². The molecule has 0 N–H and O–H groups in total. The van der Waals surface area contributed by atoms with Crippen molar-refractivity contribution in [2.24, 2.45) is 0 Å². The van der Waals surface area contributed by atoms with Crippen molar-refractivity contribution in [3.8, 4) is 141 Å². The van der Waals surface area contributed by atoms with Crippen LogP contribution in [0.5, 0.6) is 34.5 Å². The largest absolute Gasteiger partial charge is 0.453 e. The lowest BCUT2D eigenvalue weighted by Gasteiger charge is -2.21. The maximum Gasteiger partial charge on any atom is 0.153 e. The number of aromatic nitrogens is 6. The maximum absolute atomic E-state index is 6.29. The van der Waals surface area contributed by atoms with Gasteiger partial charge in [0.25, 0.3) is 0 Å². The quantitative estimate of drug-likeness (QED) is 0.141. The number of rotatable bonds is 8. The van der Waals surface area contributed by atoms with E-state index in [4.69, 9.17) is 29.2 Å². The van der Waals surface area contributed by atoms with Gasteiger partial charge >= 0.3 is 0 Å². The summed E-state index contributed by atoms with van der Waals surface area (Å²) in [5, 5.41) is 14.9. The molecule has 0 radical (unpaired) electrons. The Morgan fingerprint density at radius 2 is 0.442 bits per heavy atom. The Hall–Kier alpha value is -16.2. The summed E-state index contributed by atoms with van der Waals surface area (Å²) in [6.45, 7) is 0. The average Bonchev–Trinajstić information content (AvgIpc) is 1.35. The predicted molar refractivity (Wildman–Crippen MR) is 492 cm³/mol. The minimum atomic E-state index is 0.825. The zero-order valence-corrected chi connectivity index (χ0v) is 64.7. The Balaban J connectivity index is 0.000000109. The van der Waals surface area contributed by atoms with Crippen LogP contribution in [0.25, 0.3) is 205 Å². The molecule has 0 aliphatic carbocycles. The van der Waals surface area contributed by atoms with Crippen molar-refractivity contribution in [3.63, 3.8) is 0 Å². The lowest BCUT2D eigenvalue weighted by atomic mass is 9.84. The predicted octanol–water partition coefficient (Wildman–Crippen LogP) is 29.6. The Kier molecular flexibility index (Phi) is 15.8. The molecular weight excluding hydrogens is 1470 g/mol. The van der Waals surface area contributed by atoms with Gasteiger partial charge in [-0.1, -0.05) is 303 Å². The molecule has 0 amide bonds. The number of hydrogen-bond donors (Lipinski definition) is 0. The highest BCUT2D eigenvalue weighted by Crippen LogP contribution is 2.50. The normalized spacial score (nSPS) is 12.0. The number of ether oxygens (including phenoxy) is 3. The Morgan fingerprint density at radius 3 is 0.883 bits per heavy atom. The molecule has 0 spiro atoms. The fourth-order valence-electron chi connectivity index (χ4n) is 18.2. The zero-order chi connectivity index (χ0) is 78.9. The first kappa shape index (κ1) is 68.2. The van der Waals surface area contributed by atoms with E-state index in [9.17, 15) is 0 Å². The Bertz CT molecular complexity index is 8140. The van der Waals surface area contributed by atoms with Crippen LogP contribution in [0, 0.1) is 0 Å². The SMILES string of the molecule is c1ccc(-c2ccc3cc(-c4nc5cccc6c5n4-c4ccccc4O6)ccc3c2)cc1.c1ccc2c(c1)Oc1cccc3nc(-c4ccc(-c5ccc6c(-c7ccc8ccccc8c7)c7ccccc7c(-c7ccc8ccccc8c7)c6c5)cc4)n-2c13.c1ccc2c(c1)Oc1cccc3nc(-c4ccc(-c5ccc6ccccc6c5)cc4)n-2c13. The van der Waals surface area contributed by atoms with Crippen LogP contribution in [0.15, 0.2) is 413 Å². The molecule has 3 aliphatic rings. The number of imidazole rings is 3. The topological polar surface area (TPSA) is 81.2 Å². The van der Waals surface area contributed by atoms with E-state index >= 15 is 0 Å². The molecule has 23 aromatic rings. The second kappa shape index (κ2) is 27.8. The lowest BCUT2D eigenvalue weighted by Crippen LogP contribution is -2.05. The third-order valence-electron chi connectivity index (χ3n) is 23.9. The van der Waals surface area contributed by atoms with Gasteiger partial charge in [0.05, 0.1) is 33.6 Å². The van der Waals surface area contributed by atoms with Crippen LogP contribution in [0.1, 0.15) is 0 Å². The van der Waals surface area contributed by atoms with Gasteiger partial charge in [0.2, 0.25) is 0 Å². The van der Waals surface area contributed by atoms with Crippen molar-refractivity contribution in [1.29, 1.82) is 0 Å². The van der Waals surface area contributed by atoms with Gasteiger partial charge in [-0.05, 0) is 229 Å². The van der Waals surface area contributed by atoms with Gasteiger partial charge in [0.1, 0.15) is 34.0 Å². The van der Waals surface area contributed by atoms with E-state index < -0.39 is 0 Å². The average molecular weight is 1530 g/mol. The van der Waals surface area contributed by atoms with E-state index in [2.05, 4.69) is 323 Å². The number of benzene rings is 20. The first-order valence-corrected chi connectivity index (χ1v) is 40.6. The summed E-state index contributed by atoms with van der Waals surface area (Å²) in [5.74, 6) is 7.78. The van der Waals surface area contributed by atoms with Crippen LogP contribution in [0.3, 0.4) is 0 Å². The van der Waals surface area contributed by atoms with Gasteiger partial charge < -0.3 is 14.2 Å². The monoisotopic (exact) mass is 1530 g/mol. The molecular formula is C111H68N6O3. The van der Waals surface area contributed by atoms with Crippen molar-refractivity contribution in [2.75, 3.05) is 0 Å². The summed E-state index contributed by atoms with van der Waals surface area (Å²) in [7, 11) is 0. The zero-order valence-electron chi connectivity index (χ0n) is 64.7. The summed E-state index contributed by atoms with van der Waals surface area (Å²) in [4.78, 5) is 15.1. The summed E-state index contributed by atoms with van der Waals surface area (Å²) < 4.78 is 25.3. The van der Waals surface area contributed by atoms with E-state index in [1.807, 2.05) is 103 Å². The van der Waals surface area contributed by atoms with Crippen molar-refractivity contribution in [1.82, 2.24) is 28.7 Å². The molecule has 3 aliphatic heterocycles. The van der Waals surface area contributed by atoms with Gasteiger partial charge in [-0.3, -0.25) is 13.7 Å². The Morgan fingerprint density at radius 1 is 0.167 bits per heavy atom. The lowest BCUT2D eigenvalue weighted by molar-refractivity contribution is 0.475. The van der Waals surface area contributed by atoms with Crippen molar-refractivity contribution >= 4 is 97.7 Å². The van der Waals surface area contributed by atoms with E-state index in [0.29, 0.717) is 0 Å². The molecule has 3 aromatic heterocycles. The number of hydrogen-bond acceptors (Lipinski definition) is 6. The van der Waals surface area contributed by atoms with Crippen LogP contribution in [-0.2, 0) is 0 Å². The van der Waals surface area contributed by atoms with Crippen molar-refractivity contribution in [2.45, 2.75) is 0 Å². The fraction of sp³-hybridized carbons (Fsp3) is 0. The number of para-hydroxylation sites is 9. The minimum Gasteiger partial charge on any atom is -0.453 e. The Labute approximate surface area is 690 Å². The minimum absolute atomic E-state index is 0.825. The third kappa shape index (κ3) is 11.4. The first-order chi connectivity index (χ1) is 59.4. The highest BCUT2D eigenvalue weighted by Gasteiger charge is 2.29. The van der Waals surface area contributed by atoms with E-state index in [1.54, 1.807) is 0 Å². The molecule has 0 saturated carbocycles. The summed E-state index contributed by atoms with van der Waals surface area (Å²) in [6, 6.07) is 146. The van der Waals surface area contributed by atoms with Crippen LogP contribution in [0.4, 0.5) is 0 Å². The van der Waals surface area contributed by atoms with Gasteiger partial charge in [0, 0.05) is 16.7 Å². The molecule has 9 nitrogen and oxygen atoms in total. The second-order valence-electron chi connectivity index (χ2n) is 30.9. The van der Waals surface area contributed by atoms with Gasteiger partial charge in [-0.15, -0.1) is 0 Å². The highest BCUT2D eigenvalue weighted by atomic mass is 16.5. The van der Waals surface area contributed by atoms with Gasteiger partial charge in [-0.2, -0.15) is 0 Å². The number of fused-ring (bicyclic) bond motifs is 12. The highest BCUT2D eigenvalue weighted by molar-refractivity contribution is 6.23. The molecule has 26 rings (SSSR count). The molecule has 9 heteroatoms. The third-order valence-corrected chi connectivity index (χ3v) is 23.9. The molecule has 0 bridgehead atoms. The molecule has 560 valence electrons. The van der Waals surface area contributed by atoms with E-state index in [0.717, 1.165) is 124 Å². The maximum atomic E-state index is 6.29. The molecule has 0 saturated heterocycles. The molecule has 20 aromatic carbocycles. The molecule has 0 atom stereocenters. The van der Waals surface area contributed by atoms with Gasteiger partial charge in [0.15, 0.2) is 34.5 Å². The van der Waals surface area contributed by atoms with E-state index in [1.165, 1.54) is 115 Å². The summed E-state index contributed by atoms with van der Waals surface area (Å²) >= 11 is 0. The van der Waals surface area contributed by atoms with Crippen LogP contribution in [0.2, 0.25) is 0 Å². The fourth-order valence-corrected chi connectivity index (χ4v) is 18.2. The standard InChI is InChI=1S/C53H32N2O.2C29H18N2O/c1-3-12-37-30-40(26-22-33(37)10-1)50-42-14-5-6-15-43(42)51(41-27-23-34-11-2-4-13-38(34)31-41)45-32-39(28-29-44(45)50)35-20-24-36(25-21-35)53-54-46-16-9-19-49-52(46)55(53)47-17-7-8-18-48(47)56-49;1-2-7-22-18-23(17-14-19(22)6-1)20-12-15-21(16-13-20)29-30-24-8-5-11-27-28(24)31(29)25-9-3-4-10-26(25)32-27;1-2-7-19(8-3-1)20-13-14-22-18-23(16-15-21(22)17-20)29-30-24-9-6-12-27-28(24)31(29)25-10-4-5-11-26(25)32-27/h1-32H;2*1-18H. The van der Waals surface area contributed by atoms with Crippen LogP contribution < -0.4 is 14.2 Å². The summed E-state index contributed by atoms with van der Waals surface area (Å²) in [6.07, 6.45) is 0. The molecule has 0 unspecified atom stereocenters. The molecule has 0 fully saturated rings. The smallest absolute Gasteiger partial charge is 0.153 e. The first-order valence-electron chi connectivity index (χ1n) is 40.6. The molecule has 120 heavy (non-hydrogen) atoms. The van der Waals surface area contributed by atoms with Crippen LogP contribution >= 0.6 is 0 Å². The van der Waals surface area contributed by atoms with Crippen molar-refractivity contribution < 1.29 is 14.2 Å². The summed E-state index contributed by atoms with van der Waals surface area (Å²) in [5.41, 5.74) is 24.2. The van der Waals surface area contributed by atoms with Crippen LogP contribution in [-0.4, -0.2) is 28.7 Å². The van der Waals surface area contributed by atoms with Crippen molar-refractivity contribution in [3.05, 3.63) is 413 Å². The number of nitrogens with zero attached hydrogens (tertiary/aromatic N) is 6. The molecule has 6 heterocycles. The van der Waals surface area contributed by atoms with E-state index in [-0.39, 0.29) is 0 Å².